The topological polar surface area (TPSA) is 53.9 Å². The number of aromatic nitrogens is 3. The third kappa shape index (κ3) is 2.32. The molecule has 1 N–H and O–H groups in total. The number of pyridine rings is 1. The first-order chi connectivity index (χ1) is 10.1. The van der Waals surface area contributed by atoms with Crippen molar-refractivity contribution < 1.29 is 4.39 Å². The van der Waals surface area contributed by atoms with Gasteiger partial charge in [-0.2, -0.15) is 4.98 Å². The van der Waals surface area contributed by atoms with Gasteiger partial charge in [-0.15, -0.1) is 11.8 Å². The lowest BCUT2D eigenvalue weighted by Crippen LogP contribution is -2.51. The Bertz CT molecular complexity index is 718. The summed E-state index contributed by atoms with van der Waals surface area (Å²) < 4.78 is 14.1. The van der Waals surface area contributed by atoms with Crippen molar-refractivity contribution in [3.63, 3.8) is 0 Å². The molecule has 0 aliphatic carbocycles. The maximum absolute atomic E-state index is 14.1. The normalized spacial score (nSPS) is 24.8. The molecule has 4 heterocycles. The lowest BCUT2D eigenvalue weighted by atomic mass is 10.2. The first kappa shape index (κ1) is 13.8. The Morgan fingerprint density at radius 1 is 1.33 bits per heavy atom. The van der Waals surface area contributed by atoms with Crippen LogP contribution in [0.15, 0.2) is 6.20 Å². The number of hydrogen-bond donors (Lipinski definition) is 1. The molecule has 0 saturated carbocycles. The third-order valence-electron chi connectivity index (χ3n) is 3.64. The van der Waals surface area contributed by atoms with Crippen LogP contribution in [-0.4, -0.2) is 45.2 Å². The Hall–Kier alpha value is -0.890. The van der Waals surface area contributed by atoms with Crippen molar-refractivity contribution in [3.05, 3.63) is 22.5 Å². The standard InChI is InChI=1S/C12H10Cl2FN5S/c13-10-8(15)9-6(1-16-10)11(19-12(14)18-9)20-2-5-4-21-7(3-20)17-5/h1,5,7,17H,2-4H2. The van der Waals surface area contributed by atoms with E-state index >= 15 is 0 Å². The fourth-order valence-electron chi connectivity index (χ4n) is 2.75. The Morgan fingerprint density at radius 3 is 3.00 bits per heavy atom. The van der Waals surface area contributed by atoms with Crippen molar-refractivity contribution in [2.24, 2.45) is 0 Å². The number of nitrogens with zero attached hydrogens (tertiary/aromatic N) is 4. The summed E-state index contributed by atoms with van der Waals surface area (Å²) in [7, 11) is 0. The molecule has 4 rings (SSSR count). The molecule has 21 heavy (non-hydrogen) atoms. The fraction of sp³-hybridized carbons (Fsp3) is 0.417. The summed E-state index contributed by atoms with van der Waals surface area (Å²) >= 11 is 13.6. The van der Waals surface area contributed by atoms with E-state index in [-0.39, 0.29) is 16.0 Å². The highest BCUT2D eigenvalue weighted by molar-refractivity contribution is 8.00. The van der Waals surface area contributed by atoms with Crippen molar-refractivity contribution in [1.29, 1.82) is 0 Å². The smallest absolute Gasteiger partial charge is 0.225 e. The van der Waals surface area contributed by atoms with Gasteiger partial charge >= 0.3 is 0 Å². The summed E-state index contributed by atoms with van der Waals surface area (Å²) in [5.74, 6) is 1.02. The molecule has 2 bridgehead atoms. The van der Waals surface area contributed by atoms with Crippen molar-refractivity contribution in [1.82, 2.24) is 20.3 Å². The number of nitrogens with one attached hydrogen (secondary N) is 1. The highest BCUT2D eigenvalue weighted by Gasteiger charge is 2.34. The van der Waals surface area contributed by atoms with Crippen LogP contribution in [-0.2, 0) is 0 Å². The minimum absolute atomic E-state index is 0.0113. The minimum Gasteiger partial charge on any atom is -0.352 e. The van der Waals surface area contributed by atoms with Crippen LogP contribution in [0, 0.1) is 5.82 Å². The predicted molar refractivity (Wildman–Crippen MR) is 82.7 cm³/mol. The van der Waals surface area contributed by atoms with E-state index in [1.54, 1.807) is 0 Å². The van der Waals surface area contributed by atoms with Crippen LogP contribution in [0.1, 0.15) is 0 Å². The van der Waals surface area contributed by atoms with Gasteiger partial charge in [0.15, 0.2) is 11.0 Å². The molecule has 2 fully saturated rings. The van der Waals surface area contributed by atoms with Crippen LogP contribution in [0.4, 0.5) is 10.2 Å². The summed E-state index contributed by atoms with van der Waals surface area (Å²) in [5.41, 5.74) is 0.114. The Balaban J connectivity index is 1.86. The molecule has 2 aromatic heterocycles. The summed E-state index contributed by atoms with van der Waals surface area (Å²) in [6, 6.07) is 0.405. The summed E-state index contributed by atoms with van der Waals surface area (Å²) in [5, 5.41) is 4.20. The van der Waals surface area contributed by atoms with E-state index in [9.17, 15) is 4.39 Å². The quantitative estimate of drug-likeness (QED) is 0.632. The largest absolute Gasteiger partial charge is 0.352 e. The van der Waals surface area contributed by atoms with Crippen LogP contribution in [0.5, 0.6) is 0 Å². The fourth-order valence-corrected chi connectivity index (χ4v) is 4.29. The molecule has 9 heteroatoms. The number of thioether (sulfide) groups is 1. The van der Waals surface area contributed by atoms with Crippen molar-refractivity contribution in [3.8, 4) is 0 Å². The molecule has 0 radical (unpaired) electrons. The van der Waals surface area contributed by atoms with E-state index in [0.29, 0.717) is 22.6 Å². The summed E-state index contributed by atoms with van der Waals surface area (Å²) in [6.07, 6.45) is 1.50. The number of hydrogen-bond acceptors (Lipinski definition) is 6. The molecule has 0 aromatic carbocycles. The second-order valence-electron chi connectivity index (χ2n) is 5.03. The number of fused-ring (bicyclic) bond motifs is 3. The first-order valence-corrected chi connectivity index (χ1v) is 8.22. The van der Waals surface area contributed by atoms with Gasteiger partial charge in [0.25, 0.3) is 0 Å². The highest BCUT2D eigenvalue weighted by atomic mass is 35.5. The maximum atomic E-state index is 14.1. The molecule has 0 amide bonds. The van der Waals surface area contributed by atoms with Crippen molar-refractivity contribution in [2.75, 3.05) is 23.7 Å². The molecule has 2 aliphatic heterocycles. The van der Waals surface area contributed by atoms with Crippen molar-refractivity contribution in [2.45, 2.75) is 11.4 Å². The second-order valence-corrected chi connectivity index (χ2v) is 6.96. The van der Waals surface area contributed by atoms with Crippen LogP contribution in [0.2, 0.25) is 10.4 Å². The van der Waals surface area contributed by atoms with E-state index < -0.39 is 5.82 Å². The molecule has 2 unspecified atom stereocenters. The first-order valence-electron chi connectivity index (χ1n) is 6.41. The SMILES string of the molecule is Fc1c(Cl)ncc2c(N3CC4CSC(C3)N4)nc(Cl)nc12. The predicted octanol–water partition coefficient (Wildman–Crippen LogP) is 2.32. The number of anilines is 1. The molecule has 2 aromatic rings. The Kier molecular flexibility index (Phi) is 3.33. The number of piperazine rings is 1. The molecule has 0 spiro atoms. The zero-order valence-electron chi connectivity index (χ0n) is 10.7. The minimum atomic E-state index is -0.660. The van der Waals surface area contributed by atoms with Gasteiger partial charge in [0.1, 0.15) is 11.3 Å². The third-order valence-corrected chi connectivity index (χ3v) is 5.36. The average molecular weight is 346 g/mol. The second kappa shape index (κ2) is 5.08. The van der Waals surface area contributed by atoms with E-state index in [2.05, 4.69) is 25.2 Å². The molecule has 2 atom stereocenters. The molecule has 5 nitrogen and oxygen atoms in total. The van der Waals surface area contributed by atoms with E-state index in [0.717, 1.165) is 18.8 Å². The van der Waals surface area contributed by atoms with Gasteiger partial charge < -0.3 is 4.90 Å². The van der Waals surface area contributed by atoms with Gasteiger partial charge in [-0.3, -0.25) is 5.32 Å². The lowest BCUT2D eigenvalue weighted by Gasteiger charge is -2.33. The molecular formula is C12H10Cl2FN5S. The van der Waals surface area contributed by atoms with Crippen LogP contribution in [0.3, 0.4) is 0 Å². The molecule has 110 valence electrons. The van der Waals surface area contributed by atoms with Crippen LogP contribution < -0.4 is 10.2 Å². The monoisotopic (exact) mass is 345 g/mol. The summed E-state index contributed by atoms with van der Waals surface area (Å²) in [4.78, 5) is 14.2. The van der Waals surface area contributed by atoms with Gasteiger partial charge in [-0.1, -0.05) is 11.6 Å². The number of rotatable bonds is 1. The summed E-state index contributed by atoms with van der Waals surface area (Å²) in [6.45, 7) is 1.59. The highest BCUT2D eigenvalue weighted by Crippen LogP contribution is 2.33. The van der Waals surface area contributed by atoms with Crippen molar-refractivity contribution >= 4 is 51.7 Å². The van der Waals surface area contributed by atoms with Crippen LogP contribution >= 0.6 is 35.0 Å². The average Bonchev–Trinajstić information content (AvgIpc) is 2.81. The Labute approximate surface area is 134 Å². The van der Waals surface area contributed by atoms with E-state index in [4.69, 9.17) is 23.2 Å². The molecule has 2 aliphatic rings. The van der Waals surface area contributed by atoms with Gasteiger partial charge in [-0.25, -0.2) is 14.4 Å². The van der Waals surface area contributed by atoms with Gasteiger partial charge in [0.2, 0.25) is 5.28 Å². The zero-order chi connectivity index (χ0) is 14.6. The van der Waals surface area contributed by atoms with E-state index in [1.807, 2.05) is 11.8 Å². The van der Waals surface area contributed by atoms with Crippen LogP contribution in [0.25, 0.3) is 10.9 Å². The zero-order valence-corrected chi connectivity index (χ0v) is 13.0. The maximum Gasteiger partial charge on any atom is 0.225 e. The van der Waals surface area contributed by atoms with Gasteiger partial charge in [-0.05, 0) is 11.6 Å². The lowest BCUT2D eigenvalue weighted by molar-refractivity contribution is 0.489. The number of halogens is 3. The molecular weight excluding hydrogens is 336 g/mol. The van der Waals surface area contributed by atoms with Gasteiger partial charge in [0, 0.05) is 31.1 Å². The molecule has 2 saturated heterocycles. The Morgan fingerprint density at radius 2 is 2.19 bits per heavy atom. The van der Waals surface area contributed by atoms with E-state index in [1.165, 1.54) is 6.20 Å². The van der Waals surface area contributed by atoms with Gasteiger partial charge in [0.05, 0.1) is 10.8 Å².